The van der Waals surface area contributed by atoms with Crippen LogP contribution in [0, 0.1) is 0 Å². The molecule has 0 bridgehead atoms. The lowest BCUT2D eigenvalue weighted by molar-refractivity contribution is 0.0681. The van der Waals surface area contributed by atoms with E-state index in [1.54, 1.807) is 0 Å². The minimum Gasteiger partial charge on any atom is -0.379 e. The van der Waals surface area contributed by atoms with Crippen LogP contribution in [0.2, 0.25) is 0 Å². The van der Waals surface area contributed by atoms with Crippen molar-refractivity contribution >= 4 is 0 Å². The number of hydrogen-bond acceptors (Lipinski definition) is 3. The normalized spacial score (nSPS) is 14.1. The molecule has 0 aliphatic rings. The molecule has 0 rings (SSSR count). The fraction of sp³-hybridized carbons (Fsp3) is 1.00. The highest BCUT2D eigenvalue weighted by molar-refractivity contribution is 4.58. The minimum atomic E-state index is 0.157. The van der Waals surface area contributed by atoms with Crippen LogP contribution in [0.15, 0.2) is 0 Å². The van der Waals surface area contributed by atoms with E-state index in [-0.39, 0.29) is 6.17 Å². The summed E-state index contributed by atoms with van der Waals surface area (Å²) in [5, 5.41) is 0. The van der Waals surface area contributed by atoms with E-state index in [9.17, 15) is 0 Å². The SMILES string of the molecule is CCN(CCCOC(C)C)C(C)N. The highest BCUT2D eigenvalue weighted by Crippen LogP contribution is 1.96. The molecule has 0 fully saturated rings. The molecule has 0 amide bonds. The molecule has 2 N–H and O–H groups in total. The molecular weight excluding hydrogens is 164 g/mol. The number of nitrogens with two attached hydrogens (primary N) is 1. The maximum absolute atomic E-state index is 5.77. The zero-order valence-corrected chi connectivity index (χ0v) is 9.42. The summed E-state index contributed by atoms with van der Waals surface area (Å²) < 4.78 is 5.45. The zero-order valence-electron chi connectivity index (χ0n) is 9.42. The molecule has 3 nitrogen and oxygen atoms in total. The molecule has 0 aliphatic carbocycles. The van der Waals surface area contributed by atoms with Crippen molar-refractivity contribution in [1.29, 1.82) is 0 Å². The third kappa shape index (κ3) is 6.99. The van der Waals surface area contributed by atoms with E-state index in [1.807, 2.05) is 6.92 Å². The molecule has 0 aromatic rings. The average molecular weight is 188 g/mol. The van der Waals surface area contributed by atoms with Gasteiger partial charge in [-0.3, -0.25) is 4.90 Å². The second-order valence-electron chi connectivity index (χ2n) is 3.64. The minimum absolute atomic E-state index is 0.157. The molecule has 0 heterocycles. The van der Waals surface area contributed by atoms with Crippen molar-refractivity contribution in [3.63, 3.8) is 0 Å². The van der Waals surface area contributed by atoms with Crippen LogP contribution < -0.4 is 5.73 Å². The average Bonchev–Trinajstić information content (AvgIpc) is 2.03. The summed E-state index contributed by atoms with van der Waals surface area (Å²) in [5.41, 5.74) is 5.77. The quantitative estimate of drug-likeness (QED) is 0.485. The van der Waals surface area contributed by atoms with Crippen LogP contribution in [0.4, 0.5) is 0 Å². The lowest BCUT2D eigenvalue weighted by Gasteiger charge is -2.24. The molecule has 80 valence electrons. The van der Waals surface area contributed by atoms with E-state index < -0.39 is 0 Å². The van der Waals surface area contributed by atoms with Crippen LogP contribution >= 0.6 is 0 Å². The van der Waals surface area contributed by atoms with Crippen LogP contribution in [0.25, 0.3) is 0 Å². The second kappa shape index (κ2) is 7.30. The molecule has 0 radical (unpaired) electrons. The van der Waals surface area contributed by atoms with Gasteiger partial charge in [-0.15, -0.1) is 0 Å². The van der Waals surface area contributed by atoms with Gasteiger partial charge < -0.3 is 10.5 Å². The van der Waals surface area contributed by atoms with Crippen molar-refractivity contribution in [1.82, 2.24) is 4.90 Å². The predicted molar refractivity (Wildman–Crippen MR) is 56.6 cm³/mol. The molecule has 0 spiro atoms. The smallest absolute Gasteiger partial charge is 0.0542 e. The fourth-order valence-corrected chi connectivity index (χ4v) is 1.24. The molecule has 0 saturated carbocycles. The Hall–Kier alpha value is -0.120. The maximum Gasteiger partial charge on any atom is 0.0542 e. The van der Waals surface area contributed by atoms with E-state index in [2.05, 4.69) is 25.7 Å². The maximum atomic E-state index is 5.77. The van der Waals surface area contributed by atoms with E-state index in [1.165, 1.54) is 0 Å². The van der Waals surface area contributed by atoms with Crippen LogP contribution in [-0.4, -0.2) is 36.9 Å². The number of hydrogen-bond donors (Lipinski definition) is 1. The van der Waals surface area contributed by atoms with Crippen LogP contribution in [-0.2, 0) is 4.74 Å². The molecule has 13 heavy (non-hydrogen) atoms. The highest BCUT2D eigenvalue weighted by Gasteiger charge is 2.05. The summed E-state index contributed by atoms with van der Waals surface area (Å²) in [4.78, 5) is 2.24. The number of rotatable bonds is 7. The van der Waals surface area contributed by atoms with Crippen LogP contribution in [0.1, 0.15) is 34.1 Å². The van der Waals surface area contributed by atoms with Gasteiger partial charge in [-0.1, -0.05) is 6.92 Å². The first kappa shape index (κ1) is 12.9. The van der Waals surface area contributed by atoms with Gasteiger partial charge in [0, 0.05) is 13.2 Å². The van der Waals surface area contributed by atoms with Gasteiger partial charge in [0.15, 0.2) is 0 Å². The Bertz CT molecular complexity index is 115. The Kier molecular flexibility index (Phi) is 7.23. The fourth-order valence-electron chi connectivity index (χ4n) is 1.24. The Labute approximate surface area is 82.2 Å². The Morgan fingerprint density at radius 2 is 1.92 bits per heavy atom. The van der Waals surface area contributed by atoms with Crippen molar-refractivity contribution in [2.24, 2.45) is 5.73 Å². The third-order valence-corrected chi connectivity index (χ3v) is 2.02. The second-order valence-corrected chi connectivity index (χ2v) is 3.64. The van der Waals surface area contributed by atoms with Gasteiger partial charge in [0.25, 0.3) is 0 Å². The van der Waals surface area contributed by atoms with Gasteiger partial charge in [-0.05, 0) is 33.7 Å². The third-order valence-electron chi connectivity index (χ3n) is 2.02. The molecule has 1 unspecified atom stereocenters. The van der Waals surface area contributed by atoms with Gasteiger partial charge >= 0.3 is 0 Å². The van der Waals surface area contributed by atoms with Gasteiger partial charge in [0.1, 0.15) is 0 Å². The van der Waals surface area contributed by atoms with Gasteiger partial charge in [0.2, 0.25) is 0 Å². The summed E-state index contributed by atoms with van der Waals surface area (Å²) in [5.74, 6) is 0. The molecule has 0 aliphatic heterocycles. The van der Waals surface area contributed by atoms with E-state index in [4.69, 9.17) is 10.5 Å². The summed E-state index contributed by atoms with van der Waals surface area (Å²) >= 11 is 0. The molecule has 0 aromatic carbocycles. The Morgan fingerprint density at radius 1 is 1.31 bits per heavy atom. The predicted octanol–water partition coefficient (Wildman–Crippen LogP) is 1.43. The van der Waals surface area contributed by atoms with Crippen molar-refractivity contribution < 1.29 is 4.74 Å². The number of ether oxygens (including phenoxy) is 1. The molecule has 3 heteroatoms. The molecule has 0 aromatic heterocycles. The van der Waals surface area contributed by atoms with Crippen molar-refractivity contribution in [2.45, 2.75) is 46.4 Å². The zero-order chi connectivity index (χ0) is 10.3. The number of nitrogens with zero attached hydrogens (tertiary/aromatic N) is 1. The van der Waals surface area contributed by atoms with Crippen LogP contribution in [0.3, 0.4) is 0 Å². The monoisotopic (exact) mass is 188 g/mol. The highest BCUT2D eigenvalue weighted by atomic mass is 16.5. The van der Waals surface area contributed by atoms with E-state index in [0.717, 1.165) is 26.1 Å². The largest absolute Gasteiger partial charge is 0.379 e. The Balaban J connectivity index is 3.39. The van der Waals surface area contributed by atoms with Crippen molar-refractivity contribution in [3.8, 4) is 0 Å². The summed E-state index contributed by atoms with van der Waals surface area (Å²) in [7, 11) is 0. The topological polar surface area (TPSA) is 38.5 Å². The van der Waals surface area contributed by atoms with Gasteiger partial charge in [0.05, 0.1) is 12.3 Å². The van der Waals surface area contributed by atoms with E-state index >= 15 is 0 Å². The van der Waals surface area contributed by atoms with Gasteiger partial charge in [-0.25, -0.2) is 0 Å². The lowest BCUT2D eigenvalue weighted by Crippen LogP contribution is -2.40. The molecular formula is C10H24N2O. The van der Waals surface area contributed by atoms with Gasteiger partial charge in [-0.2, -0.15) is 0 Å². The van der Waals surface area contributed by atoms with Crippen LogP contribution in [0.5, 0.6) is 0 Å². The first-order chi connectivity index (χ1) is 6.07. The van der Waals surface area contributed by atoms with Crippen molar-refractivity contribution in [3.05, 3.63) is 0 Å². The lowest BCUT2D eigenvalue weighted by atomic mass is 10.3. The standard InChI is InChI=1S/C10H24N2O/c1-5-12(10(4)11)7-6-8-13-9(2)3/h9-10H,5-8,11H2,1-4H3. The first-order valence-electron chi connectivity index (χ1n) is 5.19. The summed E-state index contributed by atoms with van der Waals surface area (Å²) in [6.07, 6.45) is 1.56. The van der Waals surface area contributed by atoms with Crippen molar-refractivity contribution in [2.75, 3.05) is 19.7 Å². The Morgan fingerprint density at radius 3 is 2.31 bits per heavy atom. The molecule has 0 saturated heterocycles. The molecule has 1 atom stereocenters. The summed E-state index contributed by atoms with van der Waals surface area (Å²) in [6, 6.07) is 0. The summed E-state index contributed by atoms with van der Waals surface area (Å²) in [6.45, 7) is 11.1. The first-order valence-corrected chi connectivity index (χ1v) is 5.19. The van der Waals surface area contributed by atoms with E-state index in [0.29, 0.717) is 6.10 Å².